The molecular weight excluding hydrogens is 302 g/mol. The molecule has 5 heteroatoms. The van der Waals surface area contributed by atoms with E-state index in [0.29, 0.717) is 5.56 Å². The highest BCUT2D eigenvalue weighted by Gasteiger charge is 2.22. The van der Waals surface area contributed by atoms with Crippen LogP contribution < -0.4 is 10.6 Å². The predicted molar refractivity (Wildman–Crippen MR) is 92.5 cm³/mol. The summed E-state index contributed by atoms with van der Waals surface area (Å²) in [5.74, 6) is -0.574. The molecule has 0 unspecified atom stereocenters. The minimum absolute atomic E-state index is 0.267. The SMILES string of the molecule is CNC(=O)[C@@H](NC(=O)c1ccc2ncccc2c1)c1ccccc1. The van der Waals surface area contributed by atoms with Gasteiger partial charge in [0.05, 0.1) is 5.52 Å². The summed E-state index contributed by atoms with van der Waals surface area (Å²) in [7, 11) is 1.55. The Morgan fingerprint density at radius 2 is 1.79 bits per heavy atom. The van der Waals surface area contributed by atoms with Crippen molar-refractivity contribution in [2.75, 3.05) is 7.05 Å². The molecule has 0 aliphatic carbocycles. The van der Waals surface area contributed by atoms with Crippen LogP contribution in [0.3, 0.4) is 0 Å². The van der Waals surface area contributed by atoms with Crippen molar-refractivity contribution >= 4 is 22.7 Å². The van der Waals surface area contributed by atoms with E-state index in [0.717, 1.165) is 16.5 Å². The number of nitrogens with zero attached hydrogens (tertiary/aromatic N) is 1. The van der Waals surface area contributed by atoms with Crippen LogP contribution >= 0.6 is 0 Å². The molecule has 0 spiro atoms. The van der Waals surface area contributed by atoms with Crippen LogP contribution in [0, 0.1) is 0 Å². The maximum atomic E-state index is 12.6. The molecule has 2 aromatic carbocycles. The lowest BCUT2D eigenvalue weighted by atomic mass is 10.0. The van der Waals surface area contributed by atoms with Crippen molar-refractivity contribution in [3.8, 4) is 0 Å². The molecular formula is C19H17N3O2. The van der Waals surface area contributed by atoms with Gasteiger partial charge >= 0.3 is 0 Å². The molecule has 2 N–H and O–H groups in total. The molecule has 2 amide bonds. The van der Waals surface area contributed by atoms with E-state index in [1.807, 2.05) is 42.5 Å². The molecule has 0 saturated heterocycles. The van der Waals surface area contributed by atoms with Gasteiger partial charge in [-0.05, 0) is 29.8 Å². The average Bonchev–Trinajstić information content (AvgIpc) is 2.65. The van der Waals surface area contributed by atoms with Gasteiger partial charge in [-0.15, -0.1) is 0 Å². The second-order valence-corrected chi connectivity index (χ2v) is 5.34. The van der Waals surface area contributed by atoms with Crippen LogP contribution in [-0.2, 0) is 4.79 Å². The van der Waals surface area contributed by atoms with E-state index >= 15 is 0 Å². The smallest absolute Gasteiger partial charge is 0.252 e. The summed E-state index contributed by atoms with van der Waals surface area (Å²) >= 11 is 0. The molecule has 0 bridgehead atoms. The van der Waals surface area contributed by atoms with Crippen molar-refractivity contribution < 1.29 is 9.59 Å². The summed E-state index contributed by atoms with van der Waals surface area (Å²) < 4.78 is 0. The monoisotopic (exact) mass is 319 g/mol. The largest absolute Gasteiger partial charge is 0.357 e. The Morgan fingerprint density at radius 3 is 2.54 bits per heavy atom. The second-order valence-electron chi connectivity index (χ2n) is 5.34. The van der Waals surface area contributed by atoms with Gasteiger partial charge in [-0.1, -0.05) is 36.4 Å². The van der Waals surface area contributed by atoms with Crippen LogP contribution in [0.25, 0.3) is 10.9 Å². The number of aromatic nitrogens is 1. The van der Waals surface area contributed by atoms with Crippen molar-refractivity contribution in [2.45, 2.75) is 6.04 Å². The number of nitrogens with one attached hydrogen (secondary N) is 2. The molecule has 1 heterocycles. The number of hydrogen-bond acceptors (Lipinski definition) is 3. The first-order valence-corrected chi connectivity index (χ1v) is 7.61. The molecule has 1 aromatic heterocycles. The Bertz CT molecular complexity index is 878. The fourth-order valence-corrected chi connectivity index (χ4v) is 2.52. The van der Waals surface area contributed by atoms with E-state index < -0.39 is 6.04 Å². The van der Waals surface area contributed by atoms with E-state index in [2.05, 4.69) is 15.6 Å². The zero-order chi connectivity index (χ0) is 16.9. The number of carbonyl (C=O) groups is 2. The first-order valence-electron chi connectivity index (χ1n) is 7.61. The van der Waals surface area contributed by atoms with Crippen LogP contribution in [-0.4, -0.2) is 23.8 Å². The molecule has 0 radical (unpaired) electrons. The summed E-state index contributed by atoms with van der Waals surface area (Å²) in [6.07, 6.45) is 1.71. The highest BCUT2D eigenvalue weighted by Crippen LogP contribution is 2.16. The predicted octanol–water partition coefficient (Wildman–Crippen LogP) is 2.45. The molecule has 3 rings (SSSR count). The number of fused-ring (bicyclic) bond motifs is 1. The molecule has 5 nitrogen and oxygen atoms in total. The highest BCUT2D eigenvalue weighted by molar-refractivity contribution is 6.00. The van der Waals surface area contributed by atoms with Gasteiger partial charge in [0.25, 0.3) is 5.91 Å². The van der Waals surface area contributed by atoms with Crippen LogP contribution in [0.4, 0.5) is 0 Å². The molecule has 0 aliphatic heterocycles. The van der Waals surface area contributed by atoms with E-state index in [4.69, 9.17) is 0 Å². The Morgan fingerprint density at radius 1 is 1.00 bits per heavy atom. The number of hydrogen-bond donors (Lipinski definition) is 2. The van der Waals surface area contributed by atoms with Crippen LogP contribution in [0.2, 0.25) is 0 Å². The van der Waals surface area contributed by atoms with Gasteiger partial charge in [0, 0.05) is 24.2 Å². The van der Waals surface area contributed by atoms with Gasteiger partial charge in [0.1, 0.15) is 6.04 Å². The Hall–Kier alpha value is -3.21. The van der Waals surface area contributed by atoms with Crippen LogP contribution in [0.1, 0.15) is 22.0 Å². The topological polar surface area (TPSA) is 71.1 Å². The number of carbonyl (C=O) groups excluding carboxylic acids is 2. The second kappa shape index (κ2) is 6.91. The maximum absolute atomic E-state index is 12.6. The number of pyridine rings is 1. The van der Waals surface area contributed by atoms with Crippen molar-refractivity contribution in [1.82, 2.24) is 15.6 Å². The number of rotatable bonds is 4. The van der Waals surface area contributed by atoms with Gasteiger partial charge in [-0.3, -0.25) is 14.6 Å². The van der Waals surface area contributed by atoms with E-state index in [1.54, 1.807) is 31.4 Å². The third-order valence-electron chi connectivity index (χ3n) is 3.78. The maximum Gasteiger partial charge on any atom is 0.252 e. The number of likely N-dealkylation sites (N-methyl/N-ethyl adjacent to an activating group) is 1. The molecule has 0 aliphatic rings. The quantitative estimate of drug-likeness (QED) is 0.776. The summed E-state index contributed by atoms with van der Waals surface area (Å²) in [6.45, 7) is 0. The van der Waals surface area contributed by atoms with Gasteiger partial charge < -0.3 is 10.6 Å². The summed E-state index contributed by atoms with van der Waals surface area (Å²) in [4.78, 5) is 29.0. The first-order chi connectivity index (χ1) is 11.7. The zero-order valence-electron chi connectivity index (χ0n) is 13.2. The van der Waals surface area contributed by atoms with E-state index in [-0.39, 0.29) is 11.8 Å². The Kier molecular flexibility index (Phi) is 4.52. The summed E-state index contributed by atoms with van der Waals surface area (Å²) in [6, 6.07) is 17.4. The Balaban J connectivity index is 1.88. The summed E-state index contributed by atoms with van der Waals surface area (Å²) in [5, 5.41) is 6.26. The van der Waals surface area contributed by atoms with Gasteiger partial charge in [0.15, 0.2) is 0 Å². The normalized spacial score (nSPS) is 11.7. The number of benzene rings is 2. The fourth-order valence-electron chi connectivity index (χ4n) is 2.52. The molecule has 3 aromatic rings. The highest BCUT2D eigenvalue weighted by atomic mass is 16.2. The minimum atomic E-state index is -0.742. The van der Waals surface area contributed by atoms with Crippen molar-refractivity contribution in [1.29, 1.82) is 0 Å². The molecule has 24 heavy (non-hydrogen) atoms. The molecule has 0 fully saturated rings. The van der Waals surface area contributed by atoms with Crippen LogP contribution in [0.5, 0.6) is 0 Å². The molecule has 1 atom stereocenters. The standard InChI is InChI=1S/C19H17N3O2/c1-20-19(24)17(13-6-3-2-4-7-13)22-18(23)15-9-10-16-14(12-15)8-5-11-21-16/h2-12,17H,1H3,(H,20,24)(H,22,23)/t17-/m0/s1. The summed E-state index contributed by atoms with van der Waals surface area (Å²) in [5.41, 5.74) is 2.04. The Labute approximate surface area is 139 Å². The first kappa shape index (κ1) is 15.7. The van der Waals surface area contributed by atoms with Crippen molar-refractivity contribution in [2.24, 2.45) is 0 Å². The lowest BCUT2D eigenvalue weighted by Crippen LogP contribution is -2.39. The lowest BCUT2D eigenvalue weighted by molar-refractivity contribution is -0.122. The van der Waals surface area contributed by atoms with Crippen molar-refractivity contribution in [3.05, 3.63) is 78.0 Å². The molecule has 120 valence electrons. The van der Waals surface area contributed by atoms with E-state index in [9.17, 15) is 9.59 Å². The molecule has 0 saturated carbocycles. The van der Waals surface area contributed by atoms with E-state index in [1.165, 1.54) is 0 Å². The van der Waals surface area contributed by atoms with Crippen LogP contribution in [0.15, 0.2) is 66.9 Å². The van der Waals surface area contributed by atoms with Gasteiger partial charge in [-0.25, -0.2) is 0 Å². The van der Waals surface area contributed by atoms with Gasteiger partial charge in [-0.2, -0.15) is 0 Å². The average molecular weight is 319 g/mol. The van der Waals surface area contributed by atoms with Gasteiger partial charge in [0.2, 0.25) is 5.91 Å². The number of amides is 2. The minimum Gasteiger partial charge on any atom is -0.357 e. The third-order valence-corrected chi connectivity index (χ3v) is 3.78. The third kappa shape index (κ3) is 3.25. The van der Waals surface area contributed by atoms with Crippen molar-refractivity contribution in [3.63, 3.8) is 0 Å². The fraction of sp³-hybridized carbons (Fsp3) is 0.105. The lowest BCUT2D eigenvalue weighted by Gasteiger charge is -2.18. The zero-order valence-corrected chi connectivity index (χ0v) is 13.2.